The van der Waals surface area contributed by atoms with Gasteiger partial charge in [0.25, 0.3) is 0 Å². The van der Waals surface area contributed by atoms with Gasteiger partial charge in [0.1, 0.15) is 16.8 Å². The number of ketones is 1. The van der Waals surface area contributed by atoms with E-state index in [-0.39, 0.29) is 30.7 Å². The van der Waals surface area contributed by atoms with Crippen LogP contribution >= 0.6 is 12.4 Å². The SMILES string of the molecule is CC(C)(C)OC(=O)N(CC#CC(=O)C1CC1)C(=O)OC(C)(C)C.CCN.Cl.Cn1nc(C2CC2)cc1CN.Cn1nc(C2CC2)cc1CNC(=O)OC(C)(C)C. The van der Waals surface area contributed by atoms with Crippen molar-refractivity contribution in [2.75, 3.05) is 13.1 Å². The number of aryl methyl sites for hydroxylation is 2. The molecule has 316 valence electrons. The summed E-state index contributed by atoms with van der Waals surface area (Å²) in [4.78, 5) is 48.2. The van der Waals surface area contributed by atoms with Crippen molar-refractivity contribution in [1.29, 1.82) is 0 Å². The van der Waals surface area contributed by atoms with Gasteiger partial charge in [-0.3, -0.25) is 14.2 Å². The molecule has 0 atom stereocenters. The van der Waals surface area contributed by atoms with Gasteiger partial charge in [-0.2, -0.15) is 10.2 Å². The second-order valence-electron chi connectivity index (χ2n) is 16.9. The summed E-state index contributed by atoms with van der Waals surface area (Å²) < 4.78 is 19.3. The molecule has 2 aromatic rings. The number of imide groups is 1. The predicted octanol–water partition coefficient (Wildman–Crippen LogP) is 6.61. The molecule has 3 aliphatic carbocycles. The van der Waals surface area contributed by atoms with E-state index in [0.29, 0.717) is 19.0 Å². The Balaban J connectivity index is 0.000000420. The molecule has 56 heavy (non-hydrogen) atoms. The van der Waals surface area contributed by atoms with Gasteiger partial charge in [-0.15, -0.1) is 12.4 Å². The van der Waals surface area contributed by atoms with Crippen LogP contribution in [-0.2, 0) is 46.2 Å². The van der Waals surface area contributed by atoms with Gasteiger partial charge in [0.05, 0.1) is 35.9 Å². The average molecular weight is 807 g/mol. The normalized spacial score (nSPS) is 14.6. The highest BCUT2D eigenvalue weighted by Gasteiger charge is 2.32. The molecule has 5 N–H and O–H groups in total. The molecule has 3 fully saturated rings. The largest absolute Gasteiger partial charge is 0.444 e. The Bertz CT molecular complexity index is 1620. The van der Waals surface area contributed by atoms with E-state index in [9.17, 15) is 19.2 Å². The number of nitrogens with one attached hydrogen (secondary N) is 1. The van der Waals surface area contributed by atoms with Crippen LogP contribution in [0.4, 0.5) is 14.4 Å². The molecule has 3 amide bonds. The third-order valence-electron chi connectivity index (χ3n) is 7.63. The highest BCUT2D eigenvalue weighted by atomic mass is 35.5. The summed E-state index contributed by atoms with van der Waals surface area (Å²) in [5.41, 5.74) is 12.9. The van der Waals surface area contributed by atoms with Crippen molar-refractivity contribution in [2.45, 2.75) is 149 Å². The Morgan fingerprint density at radius 3 is 1.54 bits per heavy atom. The van der Waals surface area contributed by atoms with Crippen LogP contribution in [0.1, 0.15) is 142 Å². The molecule has 16 heteroatoms. The number of hydrogen-bond donors (Lipinski definition) is 3. The minimum absolute atomic E-state index is 0. The van der Waals surface area contributed by atoms with Gasteiger partial charge in [-0.25, -0.2) is 19.3 Å². The predicted molar refractivity (Wildman–Crippen MR) is 218 cm³/mol. The first-order valence-electron chi connectivity index (χ1n) is 19.2. The van der Waals surface area contributed by atoms with Crippen molar-refractivity contribution in [2.24, 2.45) is 31.5 Å². The molecule has 0 aliphatic heterocycles. The van der Waals surface area contributed by atoms with Gasteiger partial charge in [0.2, 0.25) is 5.78 Å². The Hall–Kier alpha value is -4.13. The first-order valence-corrected chi connectivity index (χ1v) is 19.2. The fourth-order valence-corrected chi connectivity index (χ4v) is 4.54. The monoisotopic (exact) mass is 806 g/mol. The third kappa shape index (κ3) is 20.2. The maximum atomic E-state index is 12.2. The zero-order valence-corrected chi connectivity index (χ0v) is 36.4. The van der Waals surface area contributed by atoms with Crippen LogP contribution in [0.25, 0.3) is 0 Å². The fraction of sp³-hybridized carbons (Fsp3) is 0.700. The van der Waals surface area contributed by atoms with Crippen molar-refractivity contribution in [3.63, 3.8) is 0 Å². The summed E-state index contributed by atoms with van der Waals surface area (Å²) in [6.07, 6.45) is 4.70. The van der Waals surface area contributed by atoms with Gasteiger partial charge in [-0.1, -0.05) is 12.8 Å². The Morgan fingerprint density at radius 2 is 1.18 bits per heavy atom. The number of hydrogen-bond acceptors (Lipinski definition) is 11. The summed E-state index contributed by atoms with van der Waals surface area (Å²) >= 11 is 0. The van der Waals surface area contributed by atoms with Crippen molar-refractivity contribution in [3.05, 3.63) is 34.9 Å². The number of carbonyl (C=O) groups is 4. The number of nitrogens with zero attached hydrogens (tertiary/aromatic N) is 5. The molecule has 3 saturated carbocycles. The second kappa shape index (κ2) is 22.0. The molecule has 2 aromatic heterocycles. The zero-order chi connectivity index (χ0) is 41.7. The van der Waals surface area contributed by atoms with Crippen molar-refractivity contribution < 1.29 is 33.4 Å². The van der Waals surface area contributed by atoms with Crippen LogP contribution in [0, 0.1) is 17.8 Å². The molecule has 0 bridgehead atoms. The number of rotatable bonds is 7. The number of aromatic nitrogens is 4. The number of halogens is 1. The first kappa shape index (κ1) is 49.9. The standard InChI is InChI=1S/C17H25NO5.C13H21N3O2.C8H13N3.C2H7N.ClH/c1-16(2,3)22-14(20)18(15(21)23-17(4,5)6)11-7-8-13(19)12-9-10-12;1-13(2,3)18-12(17)14-8-10-7-11(9-5-6-9)15-16(10)4;1-11-7(5-9)4-8(10-11)6-2-3-6;1-2-3;/h12H,9-11H2,1-6H3;7,9H,5-6,8H2,1-4H3,(H,14,17);4,6H,2-3,5,9H2,1H3;2-3H2,1H3;1H. The van der Waals surface area contributed by atoms with Gasteiger partial charge in [0.15, 0.2) is 0 Å². The van der Waals surface area contributed by atoms with Crippen LogP contribution in [0.2, 0.25) is 0 Å². The number of alkyl carbamates (subject to hydrolysis) is 1. The Labute approximate surface area is 339 Å². The lowest BCUT2D eigenvalue weighted by Crippen LogP contribution is -2.43. The van der Waals surface area contributed by atoms with Crippen molar-refractivity contribution in [1.82, 2.24) is 29.8 Å². The maximum absolute atomic E-state index is 12.2. The van der Waals surface area contributed by atoms with Gasteiger partial charge in [0, 0.05) is 38.4 Å². The molecule has 0 radical (unpaired) electrons. The molecular formula is C40H67ClN8O7. The lowest BCUT2D eigenvalue weighted by Gasteiger charge is -2.27. The summed E-state index contributed by atoms with van der Waals surface area (Å²) in [5, 5.41) is 11.6. The molecule has 0 saturated heterocycles. The van der Waals surface area contributed by atoms with Crippen LogP contribution in [0.5, 0.6) is 0 Å². The van der Waals surface area contributed by atoms with E-state index in [1.807, 2.05) is 51.2 Å². The number of Topliss-reactive ketones (excluding diaryl/α,β-unsaturated/α-hetero) is 1. The van der Waals surface area contributed by atoms with Crippen molar-refractivity contribution >= 4 is 36.5 Å². The molecule has 0 aromatic carbocycles. The second-order valence-corrected chi connectivity index (χ2v) is 16.9. The minimum Gasteiger partial charge on any atom is -0.444 e. The summed E-state index contributed by atoms with van der Waals surface area (Å²) in [7, 11) is 3.85. The van der Waals surface area contributed by atoms with E-state index in [2.05, 4.69) is 39.5 Å². The average Bonchev–Trinajstić information content (AvgIpc) is 3.91. The highest BCUT2D eigenvalue weighted by Crippen LogP contribution is 2.40. The number of ether oxygens (including phenoxy) is 3. The summed E-state index contributed by atoms with van der Waals surface area (Å²) in [6.45, 7) is 19.2. The number of carbonyl (C=O) groups excluding carboxylic acids is 4. The zero-order valence-electron chi connectivity index (χ0n) is 35.6. The summed E-state index contributed by atoms with van der Waals surface area (Å²) in [5.74, 6) is 6.26. The van der Waals surface area contributed by atoms with Crippen LogP contribution in [0.15, 0.2) is 12.1 Å². The fourth-order valence-electron chi connectivity index (χ4n) is 4.54. The van der Waals surface area contributed by atoms with E-state index in [1.54, 1.807) is 41.5 Å². The smallest absolute Gasteiger partial charge is 0.420 e. The van der Waals surface area contributed by atoms with Crippen molar-refractivity contribution in [3.8, 4) is 11.8 Å². The third-order valence-corrected chi connectivity index (χ3v) is 7.63. The van der Waals surface area contributed by atoms with Crippen LogP contribution < -0.4 is 16.8 Å². The molecule has 0 spiro atoms. The van der Waals surface area contributed by atoms with E-state index in [4.69, 9.17) is 25.7 Å². The molecular weight excluding hydrogens is 740 g/mol. The molecule has 2 heterocycles. The Kier molecular flexibility index (Phi) is 19.6. The van der Waals surface area contributed by atoms with E-state index < -0.39 is 35.1 Å². The number of amides is 3. The van der Waals surface area contributed by atoms with Gasteiger partial charge in [-0.05, 0) is 125 Å². The Morgan fingerprint density at radius 1 is 0.768 bits per heavy atom. The first-order chi connectivity index (χ1) is 25.5. The maximum Gasteiger partial charge on any atom is 0.420 e. The lowest BCUT2D eigenvalue weighted by atomic mass is 10.2. The van der Waals surface area contributed by atoms with Crippen LogP contribution in [0.3, 0.4) is 0 Å². The molecule has 0 unspecified atom stereocenters. The van der Waals surface area contributed by atoms with E-state index in [1.165, 1.54) is 31.4 Å². The van der Waals surface area contributed by atoms with Crippen LogP contribution in [-0.4, -0.2) is 78.4 Å². The topological polar surface area (TPSA) is 199 Å². The molecule has 5 rings (SSSR count). The lowest BCUT2D eigenvalue weighted by molar-refractivity contribution is -0.114. The van der Waals surface area contributed by atoms with E-state index >= 15 is 0 Å². The van der Waals surface area contributed by atoms with Gasteiger partial charge >= 0.3 is 18.3 Å². The highest BCUT2D eigenvalue weighted by molar-refractivity contribution is 5.99. The number of nitrogens with two attached hydrogens (primary N) is 2. The molecule has 15 nitrogen and oxygen atoms in total. The van der Waals surface area contributed by atoms with Gasteiger partial charge < -0.3 is 31.0 Å². The molecule has 3 aliphatic rings. The van der Waals surface area contributed by atoms with E-state index in [0.717, 1.165) is 47.3 Å². The quantitative estimate of drug-likeness (QED) is 0.155. The minimum atomic E-state index is -0.847. The summed E-state index contributed by atoms with van der Waals surface area (Å²) in [6, 6.07) is 4.19.